The van der Waals surface area contributed by atoms with E-state index in [9.17, 15) is 0 Å². The number of benzene rings is 1. The van der Waals surface area contributed by atoms with E-state index in [-0.39, 0.29) is 0 Å². The molecule has 0 aromatic heterocycles. The molecule has 1 heteroatoms. The van der Waals surface area contributed by atoms with Gasteiger partial charge in [0.15, 0.2) is 0 Å². The maximum Gasteiger partial charge on any atom is 0.0443 e. The van der Waals surface area contributed by atoms with Crippen molar-refractivity contribution in [2.24, 2.45) is 0 Å². The van der Waals surface area contributed by atoms with Gasteiger partial charge in [0.05, 0.1) is 0 Å². The fourth-order valence-electron chi connectivity index (χ4n) is 1.31. The van der Waals surface area contributed by atoms with Crippen molar-refractivity contribution in [3.8, 4) is 0 Å². The van der Waals surface area contributed by atoms with Gasteiger partial charge in [-0.2, -0.15) is 0 Å². The Kier molecular flexibility index (Phi) is 3.38. The SMILES string of the molecule is C[C](C)c1ccc(C(C)C)c(Cl)c1. The summed E-state index contributed by atoms with van der Waals surface area (Å²) in [5.41, 5.74) is 2.46. The summed E-state index contributed by atoms with van der Waals surface area (Å²) < 4.78 is 0. The Bertz CT molecular complexity index is 287. The zero-order valence-corrected chi connectivity index (χ0v) is 9.44. The smallest absolute Gasteiger partial charge is 0.0443 e. The topological polar surface area (TPSA) is 0 Å². The van der Waals surface area contributed by atoms with Crippen LogP contribution in [-0.4, -0.2) is 0 Å². The molecule has 0 unspecified atom stereocenters. The molecule has 0 atom stereocenters. The molecule has 0 nitrogen and oxygen atoms in total. The maximum absolute atomic E-state index is 6.16. The van der Waals surface area contributed by atoms with Gasteiger partial charge in [-0.1, -0.05) is 51.4 Å². The first-order chi connectivity index (χ1) is 6.02. The average molecular weight is 196 g/mol. The molecule has 0 amide bonds. The van der Waals surface area contributed by atoms with E-state index < -0.39 is 0 Å². The molecule has 1 radical (unpaired) electrons. The third-order valence-corrected chi connectivity index (χ3v) is 2.53. The lowest BCUT2D eigenvalue weighted by molar-refractivity contribution is 0.865. The van der Waals surface area contributed by atoms with Gasteiger partial charge in [-0.15, -0.1) is 0 Å². The minimum atomic E-state index is 0.499. The summed E-state index contributed by atoms with van der Waals surface area (Å²) in [6, 6.07) is 6.30. The molecule has 0 aliphatic heterocycles. The highest BCUT2D eigenvalue weighted by Crippen LogP contribution is 2.27. The Balaban J connectivity index is 3.06. The van der Waals surface area contributed by atoms with E-state index in [2.05, 4.69) is 39.8 Å². The third kappa shape index (κ3) is 2.47. The van der Waals surface area contributed by atoms with Crippen LogP contribution < -0.4 is 0 Å². The molecule has 1 rings (SSSR count). The van der Waals surface area contributed by atoms with E-state index in [1.165, 1.54) is 17.0 Å². The van der Waals surface area contributed by atoms with Crippen molar-refractivity contribution in [3.63, 3.8) is 0 Å². The Morgan fingerprint density at radius 3 is 2.23 bits per heavy atom. The highest BCUT2D eigenvalue weighted by Gasteiger charge is 2.07. The molecule has 0 spiro atoms. The molecular formula is C12H16Cl. The second-order valence-electron chi connectivity index (χ2n) is 3.89. The quantitative estimate of drug-likeness (QED) is 0.655. The predicted molar refractivity (Wildman–Crippen MR) is 59.2 cm³/mol. The lowest BCUT2D eigenvalue weighted by Gasteiger charge is -2.11. The minimum Gasteiger partial charge on any atom is -0.0840 e. The number of hydrogen-bond acceptors (Lipinski definition) is 0. The lowest BCUT2D eigenvalue weighted by Crippen LogP contribution is -1.93. The van der Waals surface area contributed by atoms with Gasteiger partial charge in [0.2, 0.25) is 0 Å². The zero-order valence-electron chi connectivity index (χ0n) is 8.69. The van der Waals surface area contributed by atoms with E-state index in [0.717, 1.165) is 5.02 Å². The summed E-state index contributed by atoms with van der Waals surface area (Å²) in [5, 5.41) is 0.883. The molecule has 0 N–H and O–H groups in total. The van der Waals surface area contributed by atoms with Gasteiger partial charge in [-0.05, 0) is 29.0 Å². The molecule has 1 aromatic rings. The van der Waals surface area contributed by atoms with E-state index in [1.807, 2.05) is 6.07 Å². The average Bonchev–Trinajstić information content (AvgIpc) is 2.03. The van der Waals surface area contributed by atoms with Crippen molar-refractivity contribution in [2.75, 3.05) is 0 Å². The van der Waals surface area contributed by atoms with E-state index >= 15 is 0 Å². The molecule has 0 aliphatic rings. The highest BCUT2D eigenvalue weighted by molar-refractivity contribution is 6.31. The summed E-state index contributed by atoms with van der Waals surface area (Å²) >= 11 is 6.16. The van der Waals surface area contributed by atoms with Crippen LogP contribution in [0.3, 0.4) is 0 Å². The van der Waals surface area contributed by atoms with Crippen molar-refractivity contribution in [1.29, 1.82) is 0 Å². The largest absolute Gasteiger partial charge is 0.0840 e. The summed E-state index contributed by atoms with van der Waals surface area (Å²) in [7, 11) is 0. The van der Waals surface area contributed by atoms with Crippen LogP contribution in [0.25, 0.3) is 0 Å². The number of rotatable bonds is 2. The van der Waals surface area contributed by atoms with Crippen LogP contribution in [0.15, 0.2) is 18.2 Å². The van der Waals surface area contributed by atoms with E-state index in [4.69, 9.17) is 11.6 Å². The van der Waals surface area contributed by atoms with Crippen LogP contribution in [0.2, 0.25) is 5.02 Å². The van der Waals surface area contributed by atoms with Crippen molar-refractivity contribution < 1.29 is 0 Å². The summed E-state index contributed by atoms with van der Waals surface area (Å²) in [4.78, 5) is 0. The predicted octanol–water partition coefficient (Wildman–Crippen LogP) is 4.43. The lowest BCUT2D eigenvalue weighted by atomic mass is 9.97. The monoisotopic (exact) mass is 195 g/mol. The summed E-state index contributed by atoms with van der Waals surface area (Å²) in [6.45, 7) is 8.51. The highest BCUT2D eigenvalue weighted by atomic mass is 35.5. The molecule has 0 saturated carbocycles. The van der Waals surface area contributed by atoms with Crippen molar-refractivity contribution in [3.05, 3.63) is 40.3 Å². The molecule has 71 valence electrons. The normalized spacial score (nSPS) is 11.3. The third-order valence-electron chi connectivity index (χ3n) is 2.20. The maximum atomic E-state index is 6.16. The molecule has 1 aromatic carbocycles. The fraction of sp³-hybridized carbons (Fsp3) is 0.417. The van der Waals surface area contributed by atoms with Gasteiger partial charge in [-0.3, -0.25) is 0 Å². The molecule has 0 fully saturated rings. The standard InChI is InChI=1S/C12H16Cl/c1-8(2)10-5-6-11(9(3)4)12(13)7-10/h5-7,9H,1-4H3. The van der Waals surface area contributed by atoms with Crippen LogP contribution in [0.1, 0.15) is 44.7 Å². The first kappa shape index (κ1) is 10.6. The number of halogens is 1. The second kappa shape index (κ2) is 4.15. The molecule has 0 heterocycles. The summed E-state index contributed by atoms with van der Waals surface area (Å²) in [6.07, 6.45) is 0. The van der Waals surface area contributed by atoms with Crippen LogP contribution in [0.4, 0.5) is 0 Å². The molecule has 0 aliphatic carbocycles. The summed E-state index contributed by atoms with van der Waals surface area (Å²) in [5.74, 6) is 1.80. The minimum absolute atomic E-state index is 0.499. The van der Waals surface area contributed by atoms with Crippen molar-refractivity contribution >= 4 is 11.6 Å². The van der Waals surface area contributed by atoms with Gasteiger partial charge in [0.25, 0.3) is 0 Å². The molecular weight excluding hydrogens is 180 g/mol. The zero-order chi connectivity index (χ0) is 10.0. The Morgan fingerprint density at radius 2 is 1.85 bits per heavy atom. The second-order valence-corrected chi connectivity index (χ2v) is 4.30. The van der Waals surface area contributed by atoms with E-state index in [0.29, 0.717) is 5.92 Å². The van der Waals surface area contributed by atoms with Crippen LogP contribution in [-0.2, 0) is 0 Å². The van der Waals surface area contributed by atoms with Gasteiger partial charge >= 0.3 is 0 Å². The van der Waals surface area contributed by atoms with Crippen LogP contribution >= 0.6 is 11.6 Å². The first-order valence-electron chi connectivity index (χ1n) is 4.62. The van der Waals surface area contributed by atoms with E-state index in [1.54, 1.807) is 0 Å². The Hall–Kier alpha value is -0.490. The van der Waals surface area contributed by atoms with Crippen molar-refractivity contribution in [2.45, 2.75) is 33.6 Å². The van der Waals surface area contributed by atoms with Gasteiger partial charge < -0.3 is 0 Å². The number of hydrogen-bond donors (Lipinski definition) is 0. The van der Waals surface area contributed by atoms with Crippen LogP contribution in [0.5, 0.6) is 0 Å². The van der Waals surface area contributed by atoms with Gasteiger partial charge in [-0.25, -0.2) is 0 Å². The molecule has 13 heavy (non-hydrogen) atoms. The first-order valence-corrected chi connectivity index (χ1v) is 5.00. The van der Waals surface area contributed by atoms with Gasteiger partial charge in [0, 0.05) is 5.02 Å². The fourth-order valence-corrected chi connectivity index (χ4v) is 1.71. The van der Waals surface area contributed by atoms with Crippen molar-refractivity contribution in [1.82, 2.24) is 0 Å². The molecule has 0 bridgehead atoms. The van der Waals surface area contributed by atoms with Crippen LogP contribution in [0, 0.1) is 5.92 Å². The molecule has 0 saturated heterocycles. The Labute approximate surface area is 85.9 Å². The van der Waals surface area contributed by atoms with Gasteiger partial charge in [0.1, 0.15) is 0 Å². The Morgan fingerprint density at radius 1 is 1.23 bits per heavy atom.